The van der Waals surface area contributed by atoms with Crippen LogP contribution >= 0.6 is 0 Å². The number of nitrogens with one attached hydrogen (secondary N) is 1. The van der Waals surface area contributed by atoms with Crippen LogP contribution in [0.1, 0.15) is 41.0 Å². The predicted octanol–water partition coefficient (Wildman–Crippen LogP) is 4.23. The van der Waals surface area contributed by atoms with E-state index in [2.05, 4.69) is 43.2 Å². The standard InChI is InChI=1S/C19H25N3O/c1-6-22(7-2)19(23)17-12-16(8-9-20-17)21-18-14(4)10-13(3)11-15(18)5/h8-12H,6-7H2,1-5H3,(H,20,21). The molecule has 2 aromatic rings. The Morgan fingerprint density at radius 2 is 1.70 bits per heavy atom. The maximum Gasteiger partial charge on any atom is 0.272 e. The Bertz CT molecular complexity index is 683. The Balaban J connectivity index is 2.29. The molecule has 0 aliphatic heterocycles. The summed E-state index contributed by atoms with van der Waals surface area (Å²) in [5.41, 5.74) is 6.07. The minimum Gasteiger partial charge on any atom is -0.355 e. The van der Waals surface area contributed by atoms with Crippen LogP contribution in [-0.2, 0) is 0 Å². The molecule has 0 fully saturated rings. The van der Waals surface area contributed by atoms with Gasteiger partial charge in [0.05, 0.1) is 0 Å². The highest BCUT2D eigenvalue weighted by molar-refractivity contribution is 5.93. The summed E-state index contributed by atoms with van der Waals surface area (Å²) in [5.74, 6) is -0.0315. The molecule has 0 saturated carbocycles. The Kier molecular flexibility index (Phi) is 5.37. The Labute approximate surface area is 138 Å². The van der Waals surface area contributed by atoms with E-state index >= 15 is 0 Å². The topological polar surface area (TPSA) is 45.2 Å². The van der Waals surface area contributed by atoms with E-state index in [0.29, 0.717) is 18.8 Å². The van der Waals surface area contributed by atoms with Crippen molar-refractivity contribution in [1.82, 2.24) is 9.88 Å². The summed E-state index contributed by atoms with van der Waals surface area (Å²) >= 11 is 0. The van der Waals surface area contributed by atoms with Crippen LogP contribution in [0.3, 0.4) is 0 Å². The molecule has 2 rings (SSSR count). The normalized spacial score (nSPS) is 10.5. The van der Waals surface area contributed by atoms with E-state index in [4.69, 9.17) is 0 Å². The zero-order valence-corrected chi connectivity index (χ0v) is 14.6. The Morgan fingerprint density at radius 1 is 1.09 bits per heavy atom. The van der Waals surface area contributed by atoms with Gasteiger partial charge in [0.1, 0.15) is 5.69 Å². The second-order valence-corrected chi connectivity index (χ2v) is 5.81. The maximum atomic E-state index is 12.4. The van der Waals surface area contributed by atoms with E-state index in [9.17, 15) is 4.79 Å². The summed E-state index contributed by atoms with van der Waals surface area (Å²) in [6.45, 7) is 11.6. The summed E-state index contributed by atoms with van der Waals surface area (Å²) in [6, 6.07) is 8.01. The number of carbonyl (C=O) groups excluding carboxylic acids is 1. The lowest BCUT2D eigenvalue weighted by molar-refractivity contribution is 0.0767. The number of hydrogen-bond donors (Lipinski definition) is 1. The van der Waals surface area contributed by atoms with Gasteiger partial charge < -0.3 is 10.2 Å². The zero-order chi connectivity index (χ0) is 17.0. The van der Waals surface area contributed by atoms with Gasteiger partial charge in [-0.2, -0.15) is 0 Å². The van der Waals surface area contributed by atoms with Crippen LogP contribution in [0.5, 0.6) is 0 Å². The molecule has 0 bridgehead atoms. The number of rotatable bonds is 5. The van der Waals surface area contributed by atoms with Gasteiger partial charge in [-0.1, -0.05) is 17.7 Å². The smallest absolute Gasteiger partial charge is 0.272 e. The van der Waals surface area contributed by atoms with Gasteiger partial charge in [0.2, 0.25) is 0 Å². The van der Waals surface area contributed by atoms with Gasteiger partial charge in [-0.05, 0) is 57.9 Å². The fourth-order valence-corrected chi connectivity index (χ4v) is 2.82. The quantitative estimate of drug-likeness (QED) is 0.898. The first-order chi connectivity index (χ1) is 11.0. The van der Waals surface area contributed by atoms with Crippen molar-refractivity contribution in [2.45, 2.75) is 34.6 Å². The molecule has 0 atom stereocenters. The second kappa shape index (κ2) is 7.27. The molecule has 0 aliphatic rings. The largest absolute Gasteiger partial charge is 0.355 e. The van der Waals surface area contributed by atoms with Gasteiger partial charge in [-0.15, -0.1) is 0 Å². The van der Waals surface area contributed by atoms with Gasteiger partial charge in [-0.3, -0.25) is 9.78 Å². The number of nitrogens with zero attached hydrogens (tertiary/aromatic N) is 2. The summed E-state index contributed by atoms with van der Waals surface area (Å²) in [6.07, 6.45) is 1.68. The lowest BCUT2D eigenvalue weighted by Crippen LogP contribution is -2.31. The molecule has 23 heavy (non-hydrogen) atoms. The van der Waals surface area contributed by atoms with Crippen LogP contribution in [0.15, 0.2) is 30.5 Å². The highest BCUT2D eigenvalue weighted by Gasteiger charge is 2.14. The highest BCUT2D eigenvalue weighted by atomic mass is 16.2. The van der Waals surface area contributed by atoms with Gasteiger partial charge in [0.15, 0.2) is 0 Å². The van der Waals surface area contributed by atoms with E-state index in [0.717, 1.165) is 11.4 Å². The van der Waals surface area contributed by atoms with Gasteiger partial charge in [0, 0.05) is 30.7 Å². The van der Waals surface area contributed by atoms with Crippen molar-refractivity contribution in [1.29, 1.82) is 0 Å². The molecule has 4 heteroatoms. The minimum atomic E-state index is -0.0315. The van der Waals surface area contributed by atoms with Crippen molar-refractivity contribution < 1.29 is 4.79 Å². The predicted molar refractivity (Wildman–Crippen MR) is 95.4 cm³/mol. The zero-order valence-electron chi connectivity index (χ0n) is 14.6. The molecule has 0 spiro atoms. The van der Waals surface area contributed by atoms with Crippen molar-refractivity contribution in [3.8, 4) is 0 Å². The fraction of sp³-hybridized carbons (Fsp3) is 0.368. The van der Waals surface area contributed by atoms with Crippen LogP contribution in [-0.4, -0.2) is 28.9 Å². The van der Waals surface area contributed by atoms with Gasteiger partial charge in [0.25, 0.3) is 5.91 Å². The van der Waals surface area contributed by atoms with Gasteiger partial charge in [-0.25, -0.2) is 0 Å². The molecule has 122 valence electrons. The summed E-state index contributed by atoms with van der Waals surface area (Å²) in [4.78, 5) is 18.4. The Morgan fingerprint density at radius 3 is 2.26 bits per heavy atom. The van der Waals surface area contributed by atoms with E-state index in [-0.39, 0.29) is 5.91 Å². The molecular formula is C19H25N3O. The monoisotopic (exact) mass is 311 g/mol. The second-order valence-electron chi connectivity index (χ2n) is 5.81. The lowest BCUT2D eigenvalue weighted by atomic mass is 10.0. The fourth-order valence-electron chi connectivity index (χ4n) is 2.82. The molecule has 0 unspecified atom stereocenters. The number of aryl methyl sites for hydroxylation is 3. The Hall–Kier alpha value is -2.36. The first-order valence-corrected chi connectivity index (χ1v) is 8.06. The van der Waals surface area contributed by atoms with Crippen molar-refractivity contribution in [2.75, 3.05) is 18.4 Å². The molecule has 1 heterocycles. The molecule has 4 nitrogen and oxygen atoms in total. The molecule has 1 aromatic heterocycles. The van der Waals surface area contributed by atoms with E-state index in [1.54, 1.807) is 11.1 Å². The number of hydrogen-bond acceptors (Lipinski definition) is 3. The molecule has 1 aromatic carbocycles. The van der Waals surface area contributed by atoms with Crippen molar-refractivity contribution in [2.24, 2.45) is 0 Å². The molecule has 1 amide bonds. The minimum absolute atomic E-state index is 0.0315. The first-order valence-electron chi connectivity index (χ1n) is 8.06. The van der Waals surface area contributed by atoms with Crippen LogP contribution in [0.2, 0.25) is 0 Å². The maximum absolute atomic E-state index is 12.4. The van der Waals surface area contributed by atoms with Crippen LogP contribution in [0.25, 0.3) is 0 Å². The molecule has 1 N–H and O–H groups in total. The van der Waals surface area contributed by atoms with Crippen molar-refractivity contribution >= 4 is 17.3 Å². The third-order valence-electron chi connectivity index (χ3n) is 3.98. The summed E-state index contributed by atoms with van der Waals surface area (Å²) < 4.78 is 0. The highest BCUT2D eigenvalue weighted by Crippen LogP contribution is 2.26. The average Bonchev–Trinajstić information content (AvgIpc) is 2.52. The van der Waals surface area contributed by atoms with E-state index in [1.165, 1.54) is 16.7 Å². The number of benzene rings is 1. The van der Waals surface area contributed by atoms with Crippen molar-refractivity contribution in [3.63, 3.8) is 0 Å². The van der Waals surface area contributed by atoms with Crippen LogP contribution < -0.4 is 5.32 Å². The molecular weight excluding hydrogens is 286 g/mol. The van der Waals surface area contributed by atoms with E-state index in [1.807, 2.05) is 26.0 Å². The molecule has 0 radical (unpaired) electrons. The number of anilines is 2. The van der Waals surface area contributed by atoms with E-state index < -0.39 is 0 Å². The molecule has 0 saturated heterocycles. The lowest BCUT2D eigenvalue weighted by Gasteiger charge is -2.19. The first kappa shape index (κ1) is 17.0. The SMILES string of the molecule is CCN(CC)C(=O)c1cc(Nc2c(C)cc(C)cc2C)ccn1. The average molecular weight is 311 g/mol. The van der Waals surface area contributed by atoms with Crippen LogP contribution in [0, 0.1) is 20.8 Å². The molecule has 0 aliphatic carbocycles. The van der Waals surface area contributed by atoms with Crippen LogP contribution in [0.4, 0.5) is 11.4 Å². The summed E-state index contributed by atoms with van der Waals surface area (Å²) in [5, 5.41) is 3.43. The number of aromatic nitrogens is 1. The number of carbonyl (C=O) groups is 1. The number of pyridine rings is 1. The number of amides is 1. The third kappa shape index (κ3) is 3.89. The third-order valence-corrected chi connectivity index (χ3v) is 3.98. The summed E-state index contributed by atoms with van der Waals surface area (Å²) in [7, 11) is 0. The van der Waals surface area contributed by atoms with Gasteiger partial charge >= 0.3 is 0 Å². The van der Waals surface area contributed by atoms with Crippen molar-refractivity contribution in [3.05, 3.63) is 52.8 Å².